The van der Waals surface area contributed by atoms with Crippen LogP contribution in [0.25, 0.3) is 11.4 Å². The summed E-state index contributed by atoms with van der Waals surface area (Å²) in [5.41, 5.74) is 0.788. The predicted molar refractivity (Wildman–Crippen MR) is 119 cm³/mol. The molecule has 32 heavy (non-hydrogen) atoms. The van der Waals surface area contributed by atoms with E-state index in [0.29, 0.717) is 23.7 Å². The fraction of sp³-hybridized carbons (Fsp3) is 0.667. The highest BCUT2D eigenvalue weighted by Crippen LogP contribution is 2.39. The van der Waals surface area contributed by atoms with Gasteiger partial charge < -0.3 is 19.5 Å². The maximum Gasteiger partial charge on any atom is 0.317 e. The maximum atomic E-state index is 12.7. The Morgan fingerprint density at radius 3 is 2.69 bits per heavy atom. The van der Waals surface area contributed by atoms with E-state index >= 15 is 0 Å². The van der Waals surface area contributed by atoms with Crippen molar-refractivity contribution in [2.24, 2.45) is 5.92 Å². The van der Waals surface area contributed by atoms with Crippen LogP contribution in [0, 0.1) is 5.92 Å². The van der Waals surface area contributed by atoms with Gasteiger partial charge in [-0.15, -0.1) is 0 Å². The molecule has 3 aliphatic rings. The van der Waals surface area contributed by atoms with Crippen molar-refractivity contribution >= 4 is 6.03 Å². The molecule has 1 atom stereocenters. The van der Waals surface area contributed by atoms with Crippen molar-refractivity contribution in [1.82, 2.24) is 25.3 Å². The second-order valence-electron chi connectivity index (χ2n) is 9.61. The van der Waals surface area contributed by atoms with Gasteiger partial charge in [0.1, 0.15) is 0 Å². The number of pyridine rings is 1. The van der Waals surface area contributed by atoms with E-state index in [0.717, 1.165) is 70.2 Å². The number of carbonyl (C=O) groups is 1. The van der Waals surface area contributed by atoms with E-state index in [1.165, 1.54) is 19.3 Å². The Balaban J connectivity index is 1.13. The Morgan fingerprint density at radius 1 is 1.12 bits per heavy atom. The number of rotatable bonds is 4. The van der Waals surface area contributed by atoms with Gasteiger partial charge in [-0.3, -0.25) is 4.98 Å². The van der Waals surface area contributed by atoms with Crippen LogP contribution in [-0.4, -0.2) is 57.4 Å². The molecule has 2 aromatic rings. The zero-order valence-electron chi connectivity index (χ0n) is 18.7. The highest BCUT2D eigenvalue weighted by molar-refractivity contribution is 5.74. The van der Waals surface area contributed by atoms with E-state index in [-0.39, 0.29) is 11.6 Å². The van der Waals surface area contributed by atoms with Crippen molar-refractivity contribution < 1.29 is 14.1 Å². The van der Waals surface area contributed by atoms with Crippen LogP contribution in [0.5, 0.6) is 0 Å². The summed E-state index contributed by atoms with van der Waals surface area (Å²) in [5, 5.41) is 7.39. The van der Waals surface area contributed by atoms with Crippen LogP contribution in [0.2, 0.25) is 0 Å². The molecule has 8 nitrogen and oxygen atoms in total. The summed E-state index contributed by atoms with van der Waals surface area (Å²) in [6, 6.07) is 4.23. The maximum absolute atomic E-state index is 12.7. The van der Waals surface area contributed by atoms with Crippen molar-refractivity contribution in [3.05, 3.63) is 30.4 Å². The quantitative estimate of drug-likeness (QED) is 0.775. The summed E-state index contributed by atoms with van der Waals surface area (Å²) in [4.78, 5) is 23.3. The number of carbonyl (C=O) groups excluding carboxylic acids is 1. The van der Waals surface area contributed by atoms with Crippen molar-refractivity contribution in [1.29, 1.82) is 0 Å². The molecule has 0 radical (unpaired) electrons. The molecule has 8 heteroatoms. The van der Waals surface area contributed by atoms with Crippen molar-refractivity contribution in [2.75, 3.05) is 19.7 Å². The topological polar surface area (TPSA) is 93.4 Å². The molecule has 2 aromatic heterocycles. The molecule has 2 saturated heterocycles. The Bertz CT molecular complexity index is 888. The first-order chi connectivity index (χ1) is 15.7. The number of ether oxygens (including phenoxy) is 1. The molecule has 5 rings (SSSR count). The normalized spacial score (nSPS) is 23.9. The lowest BCUT2D eigenvalue weighted by molar-refractivity contribution is -0.123. The zero-order chi connectivity index (χ0) is 21.8. The van der Waals surface area contributed by atoms with Crippen LogP contribution >= 0.6 is 0 Å². The third-order valence-corrected chi connectivity index (χ3v) is 7.36. The van der Waals surface area contributed by atoms with E-state index in [1.54, 1.807) is 12.4 Å². The van der Waals surface area contributed by atoms with Crippen LogP contribution in [0.3, 0.4) is 0 Å². The standard InChI is InChI=1S/C24H33N5O3/c30-23(26-20-4-2-1-3-5-20)29-13-9-24(10-14-29)17-18(8-15-31-24)16-21-27-22(28-32-21)19-6-11-25-12-7-19/h6-7,11-12,18,20H,1-5,8-10,13-17H2,(H,26,30). The summed E-state index contributed by atoms with van der Waals surface area (Å²) >= 11 is 0. The van der Waals surface area contributed by atoms with Crippen molar-refractivity contribution in [2.45, 2.75) is 75.9 Å². The largest absolute Gasteiger partial charge is 0.375 e. The van der Waals surface area contributed by atoms with Gasteiger partial charge in [0.05, 0.1) is 5.60 Å². The number of hydrogen-bond donors (Lipinski definition) is 1. The van der Waals surface area contributed by atoms with Gasteiger partial charge in [-0.1, -0.05) is 24.4 Å². The molecular weight excluding hydrogens is 406 g/mol. The highest BCUT2D eigenvalue weighted by Gasteiger charge is 2.41. The average molecular weight is 440 g/mol. The van der Waals surface area contributed by atoms with Gasteiger partial charge in [0, 0.05) is 50.1 Å². The summed E-state index contributed by atoms with van der Waals surface area (Å²) in [7, 11) is 0. The van der Waals surface area contributed by atoms with E-state index in [9.17, 15) is 4.79 Å². The van der Waals surface area contributed by atoms with Crippen LogP contribution in [0.15, 0.2) is 29.0 Å². The Hall–Kier alpha value is -2.48. The Morgan fingerprint density at radius 2 is 1.91 bits per heavy atom. The van der Waals surface area contributed by atoms with Crippen molar-refractivity contribution in [3.63, 3.8) is 0 Å². The minimum Gasteiger partial charge on any atom is -0.375 e. The lowest BCUT2D eigenvalue weighted by Crippen LogP contribution is -2.54. The van der Waals surface area contributed by atoms with E-state index in [4.69, 9.17) is 9.26 Å². The first-order valence-electron chi connectivity index (χ1n) is 12.1. The molecule has 1 spiro atoms. The Labute approximate surface area is 189 Å². The number of nitrogens with one attached hydrogen (secondary N) is 1. The molecule has 1 saturated carbocycles. The minimum atomic E-state index is -0.127. The Kier molecular flexibility index (Phi) is 6.39. The lowest BCUT2D eigenvalue weighted by atomic mass is 9.78. The molecule has 0 aromatic carbocycles. The number of aromatic nitrogens is 3. The van der Waals surface area contributed by atoms with E-state index in [2.05, 4.69) is 20.4 Å². The number of hydrogen-bond acceptors (Lipinski definition) is 6. The van der Waals surface area contributed by atoms with Crippen molar-refractivity contribution in [3.8, 4) is 11.4 Å². The second-order valence-corrected chi connectivity index (χ2v) is 9.61. The first kappa shape index (κ1) is 21.4. The average Bonchev–Trinajstić information content (AvgIpc) is 3.29. The molecule has 3 fully saturated rings. The lowest BCUT2D eigenvalue weighted by Gasteiger charge is -2.46. The molecule has 1 N–H and O–H groups in total. The van der Waals surface area contributed by atoms with E-state index < -0.39 is 0 Å². The van der Waals surface area contributed by atoms with Crippen LogP contribution in [0.1, 0.15) is 63.7 Å². The number of piperidine rings is 1. The van der Waals surface area contributed by atoms with Gasteiger partial charge in [0.2, 0.25) is 11.7 Å². The number of urea groups is 1. The third-order valence-electron chi connectivity index (χ3n) is 7.36. The number of amides is 2. The monoisotopic (exact) mass is 439 g/mol. The summed E-state index contributed by atoms with van der Waals surface area (Å²) in [6.07, 6.45) is 14.0. The van der Waals surface area contributed by atoms with E-state index in [1.807, 2.05) is 17.0 Å². The SMILES string of the molecule is O=C(NC1CCCCC1)N1CCC2(CC1)CC(Cc1nc(-c3ccncc3)no1)CCO2. The van der Waals surface area contributed by atoms with Crippen LogP contribution in [-0.2, 0) is 11.2 Å². The number of nitrogens with zero attached hydrogens (tertiary/aromatic N) is 4. The fourth-order valence-electron chi connectivity index (χ4n) is 5.49. The number of likely N-dealkylation sites (tertiary alicyclic amines) is 1. The van der Waals surface area contributed by atoms with Gasteiger partial charge in [0.15, 0.2) is 0 Å². The molecule has 1 aliphatic carbocycles. The molecule has 172 valence electrons. The smallest absolute Gasteiger partial charge is 0.317 e. The third kappa shape index (κ3) is 4.95. The van der Waals surface area contributed by atoms with Gasteiger partial charge >= 0.3 is 6.03 Å². The molecule has 1 unspecified atom stereocenters. The van der Waals surface area contributed by atoms with Gasteiger partial charge in [-0.2, -0.15) is 4.98 Å². The second kappa shape index (κ2) is 9.57. The summed E-state index contributed by atoms with van der Waals surface area (Å²) in [5.74, 6) is 1.75. The molecular formula is C24H33N5O3. The summed E-state index contributed by atoms with van der Waals surface area (Å²) in [6.45, 7) is 2.28. The van der Waals surface area contributed by atoms with Crippen LogP contribution < -0.4 is 5.32 Å². The van der Waals surface area contributed by atoms with Crippen LogP contribution in [0.4, 0.5) is 4.79 Å². The van der Waals surface area contributed by atoms with Gasteiger partial charge in [-0.25, -0.2) is 4.79 Å². The predicted octanol–water partition coefficient (Wildman–Crippen LogP) is 3.98. The zero-order valence-corrected chi connectivity index (χ0v) is 18.7. The molecule has 4 heterocycles. The minimum absolute atomic E-state index is 0.105. The molecule has 2 amide bonds. The first-order valence-corrected chi connectivity index (χ1v) is 12.1. The van der Waals surface area contributed by atoms with Gasteiger partial charge in [-0.05, 0) is 56.6 Å². The van der Waals surface area contributed by atoms with Gasteiger partial charge in [0.25, 0.3) is 0 Å². The summed E-state index contributed by atoms with van der Waals surface area (Å²) < 4.78 is 11.8. The molecule has 0 bridgehead atoms. The molecule has 2 aliphatic heterocycles. The fourth-order valence-corrected chi connectivity index (χ4v) is 5.49. The highest BCUT2D eigenvalue weighted by atomic mass is 16.5.